The lowest BCUT2D eigenvalue weighted by atomic mass is 9.81. The molecule has 2 nitrogen and oxygen atoms in total. The first-order valence-electron chi connectivity index (χ1n) is 4.91. The summed E-state index contributed by atoms with van der Waals surface area (Å²) in [6, 6.07) is 0. The lowest BCUT2D eigenvalue weighted by Crippen LogP contribution is -2.47. The number of hydrogen-bond acceptors (Lipinski definition) is 2. The lowest BCUT2D eigenvalue weighted by Gasteiger charge is -2.41. The maximum Gasteiger partial charge on any atom is 0.0837 e. The van der Waals surface area contributed by atoms with Crippen molar-refractivity contribution < 1.29 is 9.84 Å². The second kappa shape index (κ2) is 3.75. The number of hydrogen-bond donors (Lipinski definition) is 1. The highest BCUT2D eigenvalue weighted by atomic mass is 16.5. The van der Waals surface area contributed by atoms with Crippen molar-refractivity contribution in [1.29, 1.82) is 0 Å². The summed E-state index contributed by atoms with van der Waals surface area (Å²) in [6.45, 7) is 8.40. The van der Waals surface area contributed by atoms with Gasteiger partial charge in [0.25, 0.3) is 0 Å². The predicted molar refractivity (Wildman–Crippen MR) is 49.0 cm³/mol. The van der Waals surface area contributed by atoms with Crippen LogP contribution in [0.1, 0.15) is 34.1 Å². The number of ether oxygens (including phenoxy) is 1. The van der Waals surface area contributed by atoms with Crippen LogP contribution >= 0.6 is 0 Å². The zero-order valence-corrected chi connectivity index (χ0v) is 8.45. The van der Waals surface area contributed by atoms with Crippen molar-refractivity contribution in [2.45, 2.75) is 52.4 Å². The summed E-state index contributed by atoms with van der Waals surface area (Å²) in [5.41, 5.74) is 0. The smallest absolute Gasteiger partial charge is 0.0837 e. The van der Waals surface area contributed by atoms with Crippen LogP contribution in [0.5, 0.6) is 0 Å². The Kier molecular flexibility index (Phi) is 3.13. The summed E-state index contributed by atoms with van der Waals surface area (Å²) in [5, 5.41) is 9.80. The average Bonchev–Trinajstić information content (AvgIpc) is 2.08. The Morgan fingerprint density at radius 3 is 2.25 bits per heavy atom. The van der Waals surface area contributed by atoms with Crippen LogP contribution in [0.15, 0.2) is 0 Å². The van der Waals surface area contributed by atoms with E-state index in [0.29, 0.717) is 11.8 Å². The molecule has 0 aromatic heterocycles. The van der Waals surface area contributed by atoms with E-state index in [2.05, 4.69) is 27.7 Å². The molecule has 1 aliphatic heterocycles. The minimum Gasteiger partial charge on any atom is -0.390 e. The van der Waals surface area contributed by atoms with Crippen molar-refractivity contribution in [2.75, 3.05) is 0 Å². The van der Waals surface area contributed by atoms with Crippen LogP contribution in [-0.4, -0.2) is 23.4 Å². The van der Waals surface area contributed by atoms with Crippen molar-refractivity contribution in [3.05, 3.63) is 0 Å². The lowest BCUT2D eigenvalue weighted by molar-refractivity contribution is -0.162. The van der Waals surface area contributed by atoms with Gasteiger partial charge in [0.1, 0.15) is 0 Å². The molecule has 0 aliphatic carbocycles. The summed E-state index contributed by atoms with van der Waals surface area (Å²) < 4.78 is 5.68. The second-order valence-corrected chi connectivity index (χ2v) is 4.00. The topological polar surface area (TPSA) is 29.5 Å². The molecule has 1 saturated heterocycles. The molecule has 0 aromatic rings. The quantitative estimate of drug-likeness (QED) is 0.653. The van der Waals surface area contributed by atoms with Gasteiger partial charge in [0.15, 0.2) is 0 Å². The largest absolute Gasteiger partial charge is 0.390 e. The highest BCUT2D eigenvalue weighted by Crippen LogP contribution is 2.31. The van der Waals surface area contributed by atoms with Crippen LogP contribution in [-0.2, 0) is 4.74 Å². The normalized spacial score (nSPS) is 49.2. The molecule has 72 valence electrons. The molecule has 1 heterocycles. The molecule has 5 unspecified atom stereocenters. The van der Waals surface area contributed by atoms with Gasteiger partial charge >= 0.3 is 0 Å². The molecule has 12 heavy (non-hydrogen) atoms. The molecule has 0 bridgehead atoms. The fraction of sp³-hybridized carbons (Fsp3) is 1.00. The third-order valence-corrected chi connectivity index (χ3v) is 3.28. The van der Waals surface area contributed by atoms with E-state index < -0.39 is 0 Å². The third-order valence-electron chi connectivity index (χ3n) is 3.28. The van der Waals surface area contributed by atoms with Gasteiger partial charge in [0.2, 0.25) is 0 Å². The number of rotatable bonds is 1. The van der Waals surface area contributed by atoms with E-state index >= 15 is 0 Å². The van der Waals surface area contributed by atoms with Crippen LogP contribution in [0.3, 0.4) is 0 Å². The van der Waals surface area contributed by atoms with E-state index in [4.69, 9.17) is 4.74 Å². The maximum absolute atomic E-state index is 9.80. The highest BCUT2D eigenvalue weighted by Gasteiger charge is 2.37. The van der Waals surface area contributed by atoms with Crippen LogP contribution in [0.2, 0.25) is 0 Å². The van der Waals surface area contributed by atoms with Gasteiger partial charge in [-0.05, 0) is 25.2 Å². The van der Waals surface area contributed by atoms with Crippen molar-refractivity contribution in [1.82, 2.24) is 0 Å². The molecule has 0 saturated carbocycles. The molecule has 1 fully saturated rings. The van der Waals surface area contributed by atoms with Gasteiger partial charge in [-0.25, -0.2) is 0 Å². The van der Waals surface area contributed by atoms with E-state index in [-0.39, 0.29) is 18.3 Å². The van der Waals surface area contributed by atoms with Crippen LogP contribution in [0.4, 0.5) is 0 Å². The van der Waals surface area contributed by atoms with Crippen molar-refractivity contribution in [2.24, 2.45) is 11.8 Å². The van der Waals surface area contributed by atoms with Gasteiger partial charge in [0.05, 0.1) is 18.3 Å². The van der Waals surface area contributed by atoms with Crippen LogP contribution < -0.4 is 0 Å². The fourth-order valence-electron chi connectivity index (χ4n) is 1.89. The Bertz CT molecular complexity index is 142. The van der Waals surface area contributed by atoms with Gasteiger partial charge in [-0.15, -0.1) is 0 Å². The Hall–Kier alpha value is -0.0800. The second-order valence-electron chi connectivity index (χ2n) is 4.00. The summed E-state index contributed by atoms with van der Waals surface area (Å²) in [7, 11) is 0. The Morgan fingerprint density at radius 2 is 1.75 bits per heavy atom. The molecule has 1 N–H and O–H groups in total. The van der Waals surface area contributed by atoms with Crippen molar-refractivity contribution >= 4 is 0 Å². The van der Waals surface area contributed by atoms with E-state index in [1.54, 1.807) is 0 Å². The minimum atomic E-state index is -0.277. The molecule has 1 aliphatic rings. The predicted octanol–water partition coefficient (Wildman–Crippen LogP) is 1.82. The van der Waals surface area contributed by atoms with Gasteiger partial charge in [0, 0.05) is 0 Å². The summed E-state index contributed by atoms with van der Waals surface area (Å²) in [5.74, 6) is 0.821. The van der Waals surface area contributed by atoms with E-state index in [9.17, 15) is 5.11 Å². The maximum atomic E-state index is 9.80. The van der Waals surface area contributed by atoms with Gasteiger partial charge in [-0.1, -0.05) is 20.8 Å². The average molecular weight is 172 g/mol. The summed E-state index contributed by atoms with van der Waals surface area (Å²) in [6.07, 6.45) is 0.962. The minimum absolute atomic E-state index is 0.0474. The molecule has 0 spiro atoms. The van der Waals surface area contributed by atoms with E-state index in [1.807, 2.05) is 0 Å². The molecule has 0 aromatic carbocycles. The zero-order chi connectivity index (χ0) is 9.30. The summed E-state index contributed by atoms with van der Waals surface area (Å²) in [4.78, 5) is 0. The molecule has 1 rings (SSSR count). The van der Waals surface area contributed by atoms with E-state index in [0.717, 1.165) is 6.42 Å². The molecular weight excluding hydrogens is 152 g/mol. The fourth-order valence-corrected chi connectivity index (χ4v) is 1.89. The molecule has 5 atom stereocenters. The molecule has 0 amide bonds. The number of aliphatic hydroxyl groups excluding tert-OH is 1. The molecule has 0 radical (unpaired) electrons. The molecular formula is C10H20O2. The third kappa shape index (κ3) is 1.64. The summed E-state index contributed by atoms with van der Waals surface area (Å²) >= 11 is 0. The molecule has 2 heteroatoms. The Labute approximate surface area is 74.9 Å². The Morgan fingerprint density at radius 1 is 1.17 bits per heavy atom. The van der Waals surface area contributed by atoms with Gasteiger partial charge in [-0.2, -0.15) is 0 Å². The van der Waals surface area contributed by atoms with Crippen molar-refractivity contribution in [3.63, 3.8) is 0 Å². The van der Waals surface area contributed by atoms with Gasteiger partial charge in [-0.3, -0.25) is 0 Å². The SMILES string of the molecule is CCC1OC(C)C(C)C(C)C1O. The van der Waals surface area contributed by atoms with Crippen molar-refractivity contribution in [3.8, 4) is 0 Å². The Balaban J connectivity index is 2.63. The van der Waals surface area contributed by atoms with E-state index in [1.165, 1.54) is 0 Å². The first kappa shape index (κ1) is 10.0. The zero-order valence-electron chi connectivity index (χ0n) is 8.45. The highest BCUT2D eigenvalue weighted by molar-refractivity contribution is 4.85. The monoisotopic (exact) mass is 172 g/mol. The first-order chi connectivity index (χ1) is 5.57. The number of aliphatic hydroxyl groups is 1. The van der Waals surface area contributed by atoms with Crippen LogP contribution in [0.25, 0.3) is 0 Å². The first-order valence-corrected chi connectivity index (χ1v) is 4.91. The standard InChI is InChI=1S/C10H20O2/c1-5-9-10(11)7(3)6(2)8(4)12-9/h6-11H,5H2,1-4H3. The van der Waals surface area contributed by atoms with Gasteiger partial charge < -0.3 is 9.84 Å². The van der Waals surface area contributed by atoms with Crippen LogP contribution in [0, 0.1) is 11.8 Å².